The molecule has 0 fully saturated rings. The van der Waals surface area contributed by atoms with Gasteiger partial charge in [0.2, 0.25) is 0 Å². The van der Waals surface area contributed by atoms with Gasteiger partial charge in [0.05, 0.1) is 0 Å². The van der Waals surface area contributed by atoms with Gasteiger partial charge in [-0.15, -0.1) is 0 Å². The van der Waals surface area contributed by atoms with Crippen LogP contribution in [0.3, 0.4) is 0 Å². The van der Waals surface area contributed by atoms with Gasteiger partial charge in [0.15, 0.2) is 0 Å². The largest absolute Gasteiger partial charge is 0.313 e. The Kier molecular flexibility index (Phi) is 4.68. The molecule has 0 unspecified atom stereocenters. The summed E-state index contributed by atoms with van der Waals surface area (Å²) in [7, 11) is 0. The normalized spacial score (nSPS) is 22.7. The number of rotatable bonds is 0. The van der Waals surface area contributed by atoms with Crippen LogP contribution in [-0.4, -0.2) is 13.1 Å². The van der Waals surface area contributed by atoms with Crippen LogP contribution in [-0.2, 0) is 0 Å². The number of hydrogen-bond acceptors (Lipinski definition) is 1. The van der Waals surface area contributed by atoms with Crippen molar-refractivity contribution in [1.29, 1.82) is 0 Å². The van der Waals surface area contributed by atoms with Gasteiger partial charge in [-0.25, -0.2) is 0 Å². The van der Waals surface area contributed by atoms with E-state index in [2.05, 4.69) is 55.6 Å². The molecule has 2 aliphatic rings. The molecule has 0 saturated carbocycles. The first kappa shape index (κ1) is 11.3. The Bertz CT molecular complexity index is 226. The second-order valence-electron chi connectivity index (χ2n) is 4.44. The molecule has 78 valence electrons. The van der Waals surface area contributed by atoms with E-state index in [0.717, 1.165) is 13.1 Å². The Labute approximate surface area is 87.6 Å². The second-order valence-corrected chi connectivity index (χ2v) is 4.44. The van der Waals surface area contributed by atoms with E-state index in [-0.39, 0.29) is 0 Å². The fraction of sp³-hybridized carbons (Fsp3) is 0.538. The van der Waals surface area contributed by atoms with Crippen LogP contribution in [0.2, 0.25) is 0 Å². The summed E-state index contributed by atoms with van der Waals surface area (Å²) in [4.78, 5) is 0. The minimum atomic E-state index is 0.411. The maximum absolute atomic E-state index is 3.20. The van der Waals surface area contributed by atoms with Crippen molar-refractivity contribution < 1.29 is 0 Å². The smallest absolute Gasteiger partial charge is 0.0135 e. The van der Waals surface area contributed by atoms with Crippen molar-refractivity contribution in [2.75, 3.05) is 13.1 Å². The molecule has 0 spiro atoms. The Morgan fingerprint density at radius 3 is 2.14 bits per heavy atom. The summed E-state index contributed by atoms with van der Waals surface area (Å²) in [6.07, 6.45) is 15.4. The highest BCUT2D eigenvalue weighted by Gasteiger charge is 2.11. The van der Waals surface area contributed by atoms with Gasteiger partial charge in [0.1, 0.15) is 0 Å². The van der Waals surface area contributed by atoms with Gasteiger partial charge in [-0.3, -0.25) is 0 Å². The zero-order valence-corrected chi connectivity index (χ0v) is 9.29. The standard InChI is InChI=1S/C8H12.C5H9N/c1-8(2)6-4-3-5-7-8;1-2-4-6-5-3-1/h3-6H,7H2,1-2H3;1-2,6H,3-5H2. The molecule has 0 saturated heterocycles. The van der Waals surface area contributed by atoms with Crippen LogP contribution in [0.25, 0.3) is 0 Å². The predicted octanol–water partition coefficient (Wildman–Crippen LogP) is 3.06. The first-order chi connectivity index (χ1) is 6.71. The lowest BCUT2D eigenvalue weighted by molar-refractivity contribution is 0.484. The molecule has 1 N–H and O–H groups in total. The molecule has 2 rings (SSSR count). The maximum Gasteiger partial charge on any atom is 0.0135 e. The third-order valence-corrected chi connectivity index (χ3v) is 2.36. The van der Waals surface area contributed by atoms with Gasteiger partial charge in [0, 0.05) is 6.54 Å². The van der Waals surface area contributed by atoms with Crippen LogP contribution in [0.1, 0.15) is 26.7 Å². The van der Waals surface area contributed by atoms with Crippen molar-refractivity contribution in [2.45, 2.75) is 26.7 Å². The molecule has 1 heterocycles. The third kappa shape index (κ3) is 5.03. The van der Waals surface area contributed by atoms with E-state index in [1.807, 2.05) is 0 Å². The summed E-state index contributed by atoms with van der Waals surface area (Å²) < 4.78 is 0. The SMILES string of the molecule is C1=CCNCC1.CC1(C)C=CC=CC1. The lowest BCUT2D eigenvalue weighted by Gasteiger charge is -2.19. The quantitative estimate of drug-likeness (QED) is 0.580. The Morgan fingerprint density at radius 2 is 1.93 bits per heavy atom. The predicted molar refractivity (Wildman–Crippen MR) is 63.3 cm³/mol. The molecule has 1 nitrogen and oxygen atoms in total. The molecule has 14 heavy (non-hydrogen) atoms. The van der Waals surface area contributed by atoms with Crippen LogP contribution >= 0.6 is 0 Å². The lowest BCUT2D eigenvalue weighted by atomic mass is 9.86. The molecule has 0 bridgehead atoms. The second kappa shape index (κ2) is 5.82. The van der Waals surface area contributed by atoms with Crippen molar-refractivity contribution in [1.82, 2.24) is 5.32 Å². The average Bonchev–Trinajstić information content (AvgIpc) is 2.21. The summed E-state index contributed by atoms with van der Waals surface area (Å²) in [5.74, 6) is 0. The van der Waals surface area contributed by atoms with Gasteiger partial charge in [-0.1, -0.05) is 50.3 Å². The van der Waals surface area contributed by atoms with E-state index >= 15 is 0 Å². The molecule has 0 aromatic heterocycles. The molecule has 0 aromatic rings. The van der Waals surface area contributed by atoms with Crippen LogP contribution < -0.4 is 5.32 Å². The summed E-state index contributed by atoms with van der Waals surface area (Å²) >= 11 is 0. The highest BCUT2D eigenvalue weighted by Crippen LogP contribution is 2.24. The van der Waals surface area contributed by atoms with Gasteiger partial charge in [0.25, 0.3) is 0 Å². The van der Waals surface area contributed by atoms with Gasteiger partial charge < -0.3 is 5.32 Å². The average molecular weight is 191 g/mol. The molecule has 1 aliphatic carbocycles. The van der Waals surface area contributed by atoms with Gasteiger partial charge in [-0.05, 0) is 24.8 Å². The minimum Gasteiger partial charge on any atom is -0.313 e. The molecule has 0 atom stereocenters. The first-order valence-electron chi connectivity index (χ1n) is 5.41. The Morgan fingerprint density at radius 1 is 1.07 bits per heavy atom. The van der Waals surface area contributed by atoms with E-state index in [9.17, 15) is 0 Å². The zero-order chi connectivity index (χ0) is 10.3. The van der Waals surface area contributed by atoms with E-state index in [0.29, 0.717) is 5.41 Å². The van der Waals surface area contributed by atoms with Crippen molar-refractivity contribution in [3.63, 3.8) is 0 Å². The molecular formula is C13H21N. The fourth-order valence-corrected chi connectivity index (χ4v) is 1.41. The van der Waals surface area contributed by atoms with Gasteiger partial charge in [-0.2, -0.15) is 0 Å². The summed E-state index contributed by atoms with van der Waals surface area (Å²) in [5, 5.41) is 3.20. The lowest BCUT2D eigenvalue weighted by Crippen LogP contribution is -2.17. The number of allylic oxidation sites excluding steroid dienone is 4. The first-order valence-corrected chi connectivity index (χ1v) is 5.41. The van der Waals surface area contributed by atoms with E-state index in [1.165, 1.54) is 12.8 Å². The maximum atomic E-state index is 3.20. The van der Waals surface area contributed by atoms with Crippen LogP contribution in [0, 0.1) is 5.41 Å². The fourth-order valence-electron chi connectivity index (χ4n) is 1.41. The molecular weight excluding hydrogens is 170 g/mol. The molecule has 0 amide bonds. The monoisotopic (exact) mass is 191 g/mol. The third-order valence-electron chi connectivity index (χ3n) is 2.36. The van der Waals surface area contributed by atoms with Crippen LogP contribution in [0.15, 0.2) is 36.5 Å². The Balaban J connectivity index is 0.000000146. The van der Waals surface area contributed by atoms with E-state index in [4.69, 9.17) is 0 Å². The topological polar surface area (TPSA) is 12.0 Å². The summed E-state index contributed by atoms with van der Waals surface area (Å²) in [5.41, 5.74) is 0.411. The minimum absolute atomic E-state index is 0.411. The zero-order valence-electron chi connectivity index (χ0n) is 9.29. The molecule has 0 aromatic carbocycles. The van der Waals surface area contributed by atoms with Crippen molar-refractivity contribution in [2.24, 2.45) is 5.41 Å². The summed E-state index contributed by atoms with van der Waals surface area (Å²) in [6, 6.07) is 0. The van der Waals surface area contributed by atoms with E-state index < -0.39 is 0 Å². The van der Waals surface area contributed by atoms with Crippen molar-refractivity contribution in [3.8, 4) is 0 Å². The van der Waals surface area contributed by atoms with Crippen LogP contribution in [0.4, 0.5) is 0 Å². The Hall–Kier alpha value is -0.820. The van der Waals surface area contributed by atoms with Crippen molar-refractivity contribution in [3.05, 3.63) is 36.5 Å². The summed E-state index contributed by atoms with van der Waals surface area (Å²) in [6.45, 7) is 6.72. The van der Waals surface area contributed by atoms with Gasteiger partial charge >= 0.3 is 0 Å². The van der Waals surface area contributed by atoms with Crippen LogP contribution in [0.5, 0.6) is 0 Å². The van der Waals surface area contributed by atoms with Crippen molar-refractivity contribution >= 4 is 0 Å². The molecule has 1 aliphatic heterocycles. The number of hydrogen-bond donors (Lipinski definition) is 1. The molecule has 0 radical (unpaired) electrons. The number of nitrogens with one attached hydrogen (secondary N) is 1. The highest BCUT2D eigenvalue weighted by atomic mass is 14.8. The van der Waals surface area contributed by atoms with E-state index in [1.54, 1.807) is 0 Å². The molecule has 1 heteroatoms. The highest BCUT2D eigenvalue weighted by molar-refractivity contribution is 5.14.